The molecule has 0 unspecified atom stereocenters. The summed E-state index contributed by atoms with van der Waals surface area (Å²) in [6.45, 7) is 3.73. The second-order valence-electron chi connectivity index (χ2n) is 9.93. The summed E-state index contributed by atoms with van der Waals surface area (Å²) in [7, 11) is 1.65. The summed E-state index contributed by atoms with van der Waals surface area (Å²) in [5.74, 6) is -0.105. The van der Waals surface area contributed by atoms with Crippen LogP contribution < -0.4 is 26.2 Å². The molecule has 2 amide bonds. The van der Waals surface area contributed by atoms with Gasteiger partial charge in [0.2, 0.25) is 5.91 Å². The van der Waals surface area contributed by atoms with E-state index in [9.17, 15) is 19.7 Å². The summed E-state index contributed by atoms with van der Waals surface area (Å²) in [6, 6.07) is 16.9. The lowest BCUT2D eigenvalue weighted by molar-refractivity contribution is -0.384. The van der Waals surface area contributed by atoms with Gasteiger partial charge in [-0.15, -0.1) is 0 Å². The summed E-state index contributed by atoms with van der Waals surface area (Å²) in [5, 5.41) is 17.4. The first-order valence-electron chi connectivity index (χ1n) is 12.2. The fourth-order valence-corrected chi connectivity index (χ4v) is 4.51. The highest BCUT2D eigenvalue weighted by atomic mass is 17.2. The Kier molecular flexibility index (Phi) is 6.54. The Bertz CT molecular complexity index is 1520. The summed E-state index contributed by atoms with van der Waals surface area (Å²) in [4.78, 5) is 48.6. The number of hydrogen-bond donors (Lipinski definition) is 3. The van der Waals surface area contributed by atoms with Gasteiger partial charge in [0.25, 0.3) is 11.6 Å². The number of nitrogens with one attached hydrogen (secondary N) is 2. The molecule has 0 spiro atoms. The number of anilines is 3. The van der Waals surface area contributed by atoms with Crippen molar-refractivity contribution in [3.63, 3.8) is 0 Å². The number of benzene rings is 3. The molecule has 5 rings (SSSR count). The summed E-state index contributed by atoms with van der Waals surface area (Å²) in [5.41, 5.74) is 9.39. The van der Waals surface area contributed by atoms with E-state index < -0.39 is 16.4 Å². The molecular weight excluding hydrogens is 502 g/mol. The third kappa shape index (κ3) is 5.05. The van der Waals surface area contributed by atoms with Crippen LogP contribution in [0.1, 0.15) is 30.5 Å². The molecule has 11 heteroatoms. The second-order valence-corrected chi connectivity index (χ2v) is 9.93. The number of carbonyl (C=O) groups excluding carboxylic acids is 2. The third-order valence-corrected chi connectivity index (χ3v) is 6.55. The van der Waals surface area contributed by atoms with Crippen LogP contribution in [-0.4, -0.2) is 35.9 Å². The van der Waals surface area contributed by atoms with Crippen molar-refractivity contribution in [1.82, 2.24) is 0 Å². The van der Waals surface area contributed by atoms with Crippen LogP contribution in [0.4, 0.5) is 22.7 Å². The number of fused-ring (bicyclic) bond motifs is 2. The fourth-order valence-electron chi connectivity index (χ4n) is 4.51. The number of amides is 2. The van der Waals surface area contributed by atoms with Gasteiger partial charge in [-0.25, -0.2) is 0 Å². The maximum atomic E-state index is 13.2. The maximum Gasteiger partial charge on any atom is 0.271 e. The molecule has 3 aromatic rings. The van der Waals surface area contributed by atoms with E-state index in [-0.39, 0.29) is 11.6 Å². The normalized spacial score (nSPS) is 15.4. The number of likely N-dealkylation sites (N-methyl/N-ethyl adjacent to an activating group) is 1. The summed E-state index contributed by atoms with van der Waals surface area (Å²) in [6.07, 6.45) is 0.690. The SMILES string of the molecule is CN(C(=O)C(C)(C)N)c1ccc(N/C(=C2\C(=O)Nc3cc([N+](=O)[O-])ccc32)c2ccc3c(c2)OOCC3)cc1. The molecule has 11 nitrogen and oxygen atoms in total. The van der Waals surface area contributed by atoms with Crippen molar-refractivity contribution in [2.75, 3.05) is 29.2 Å². The summed E-state index contributed by atoms with van der Waals surface area (Å²) < 4.78 is 0. The molecule has 3 aromatic carbocycles. The van der Waals surface area contributed by atoms with Gasteiger partial charge in [0.1, 0.15) is 0 Å². The topological polar surface area (TPSA) is 149 Å². The van der Waals surface area contributed by atoms with Crippen LogP contribution in [0.2, 0.25) is 0 Å². The van der Waals surface area contributed by atoms with Gasteiger partial charge in [-0.05, 0) is 50.2 Å². The Labute approximate surface area is 224 Å². The van der Waals surface area contributed by atoms with Crippen LogP contribution in [-0.2, 0) is 20.9 Å². The van der Waals surface area contributed by atoms with Crippen LogP contribution >= 0.6 is 0 Å². The summed E-state index contributed by atoms with van der Waals surface area (Å²) >= 11 is 0. The first-order chi connectivity index (χ1) is 18.5. The minimum absolute atomic E-state index is 0.126. The quantitative estimate of drug-likeness (QED) is 0.187. The third-order valence-electron chi connectivity index (χ3n) is 6.55. The minimum atomic E-state index is -1.03. The van der Waals surface area contributed by atoms with Gasteiger partial charge in [-0.1, -0.05) is 12.1 Å². The molecule has 4 N–H and O–H groups in total. The highest BCUT2D eigenvalue weighted by Crippen LogP contribution is 2.40. The van der Waals surface area contributed by atoms with E-state index in [1.165, 1.54) is 17.0 Å². The average molecular weight is 530 g/mol. The zero-order valence-electron chi connectivity index (χ0n) is 21.6. The Morgan fingerprint density at radius 1 is 1.13 bits per heavy atom. The monoisotopic (exact) mass is 529 g/mol. The van der Waals surface area contributed by atoms with Crippen molar-refractivity contribution in [2.24, 2.45) is 5.73 Å². The lowest BCUT2D eigenvalue weighted by Crippen LogP contribution is -2.49. The molecule has 0 aliphatic carbocycles. The molecule has 0 saturated carbocycles. The van der Waals surface area contributed by atoms with Crippen molar-refractivity contribution in [3.05, 3.63) is 87.5 Å². The number of nitrogens with two attached hydrogens (primary N) is 1. The molecule has 2 aliphatic rings. The molecule has 0 bridgehead atoms. The molecule has 200 valence electrons. The van der Waals surface area contributed by atoms with Crippen molar-refractivity contribution >= 4 is 45.8 Å². The minimum Gasteiger partial charge on any atom is -0.354 e. The number of rotatable bonds is 6. The number of nitrogens with zero attached hydrogens (tertiary/aromatic N) is 2. The van der Waals surface area contributed by atoms with E-state index in [1.807, 2.05) is 12.1 Å². The smallest absolute Gasteiger partial charge is 0.271 e. The molecule has 0 radical (unpaired) electrons. The van der Waals surface area contributed by atoms with Gasteiger partial charge in [-0.2, -0.15) is 4.89 Å². The van der Waals surface area contributed by atoms with Gasteiger partial charge in [0.15, 0.2) is 5.75 Å². The number of carbonyl (C=O) groups is 2. The molecular formula is C28H27N5O6. The molecule has 0 fully saturated rings. The lowest BCUT2D eigenvalue weighted by atomic mass is 9.98. The zero-order chi connectivity index (χ0) is 27.9. The van der Waals surface area contributed by atoms with Crippen LogP contribution in [0.25, 0.3) is 11.3 Å². The highest BCUT2D eigenvalue weighted by molar-refractivity contribution is 6.37. The standard InChI is InChI=1S/C28H27N5O6/c1-28(2,29)27(35)32(3)19-8-6-18(7-9-19)30-25(17-5-4-16-12-13-38-39-23(16)14-17)24-21-11-10-20(33(36)37)15-22(21)31-26(24)34/h4-11,14-15,30H,12-13,29H2,1-3H3,(H,31,34)/b25-24-. The van der Waals surface area contributed by atoms with E-state index in [2.05, 4.69) is 10.6 Å². The lowest BCUT2D eigenvalue weighted by Gasteiger charge is -2.26. The van der Waals surface area contributed by atoms with Crippen molar-refractivity contribution in [1.29, 1.82) is 0 Å². The van der Waals surface area contributed by atoms with Gasteiger partial charge in [0, 0.05) is 53.7 Å². The average Bonchev–Trinajstić information content (AvgIpc) is 3.25. The Morgan fingerprint density at radius 2 is 1.87 bits per heavy atom. The van der Waals surface area contributed by atoms with Crippen LogP contribution in [0.3, 0.4) is 0 Å². The number of non-ortho nitro benzene ring substituents is 1. The van der Waals surface area contributed by atoms with Gasteiger partial charge in [-0.3, -0.25) is 19.7 Å². The van der Waals surface area contributed by atoms with Crippen LogP contribution in [0, 0.1) is 10.1 Å². The van der Waals surface area contributed by atoms with Gasteiger partial charge >= 0.3 is 0 Å². The highest BCUT2D eigenvalue weighted by Gasteiger charge is 2.31. The number of hydrogen-bond acceptors (Lipinski definition) is 8. The van der Waals surface area contributed by atoms with Gasteiger partial charge in [0.05, 0.1) is 34.0 Å². The van der Waals surface area contributed by atoms with Crippen LogP contribution in [0.5, 0.6) is 5.75 Å². The number of nitro benzene ring substituents is 1. The molecule has 0 atom stereocenters. The van der Waals surface area contributed by atoms with Gasteiger partial charge < -0.3 is 26.2 Å². The zero-order valence-corrected chi connectivity index (χ0v) is 21.6. The van der Waals surface area contributed by atoms with Crippen LogP contribution in [0.15, 0.2) is 60.7 Å². The first-order valence-corrected chi connectivity index (χ1v) is 12.2. The van der Waals surface area contributed by atoms with E-state index in [0.29, 0.717) is 58.2 Å². The first kappa shape index (κ1) is 25.9. The molecule has 2 aliphatic heterocycles. The Balaban J connectivity index is 1.57. The molecule has 0 aromatic heterocycles. The fraction of sp³-hybridized carbons (Fsp3) is 0.214. The Hall–Kier alpha value is -4.74. The maximum absolute atomic E-state index is 13.2. The van der Waals surface area contributed by atoms with Crippen molar-refractivity contribution < 1.29 is 24.3 Å². The predicted octanol–water partition coefficient (Wildman–Crippen LogP) is 4.09. The van der Waals surface area contributed by atoms with Crippen molar-refractivity contribution in [3.8, 4) is 5.75 Å². The van der Waals surface area contributed by atoms with E-state index in [4.69, 9.17) is 15.5 Å². The van der Waals surface area contributed by atoms with E-state index in [1.54, 1.807) is 57.3 Å². The van der Waals surface area contributed by atoms with E-state index >= 15 is 0 Å². The van der Waals surface area contributed by atoms with E-state index in [0.717, 1.165) is 5.56 Å². The van der Waals surface area contributed by atoms with Crippen molar-refractivity contribution in [2.45, 2.75) is 25.8 Å². The Morgan fingerprint density at radius 3 is 2.56 bits per heavy atom. The molecule has 2 heterocycles. The molecule has 0 saturated heterocycles. The second kappa shape index (κ2) is 9.86. The largest absolute Gasteiger partial charge is 0.354 e. The molecule has 39 heavy (non-hydrogen) atoms. The number of nitro groups is 1. The predicted molar refractivity (Wildman–Crippen MR) is 147 cm³/mol.